The van der Waals surface area contributed by atoms with Crippen LogP contribution >= 0.6 is 0 Å². The van der Waals surface area contributed by atoms with E-state index in [-0.39, 0.29) is 17.6 Å². The van der Waals surface area contributed by atoms with Gasteiger partial charge in [-0.15, -0.1) is 0 Å². The Morgan fingerprint density at radius 3 is 2.40 bits per heavy atom. The Kier molecular flexibility index (Phi) is 6.02. The van der Waals surface area contributed by atoms with Gasteiger partial charge in [0.15, 0.2) is 5.82 Å². The van der Waals surface area contributed by atoms with Crippen molar-refractivity contribution in [2.75, 3.05) is 31.1 Å². The van der Waals surface area contributed by atoms with E-state index in [1.807, 2.05) is 48.2 Å². The summed E-state index contributed by atoms with van der Waals surface area (Å²) in [6, 6.07) is 18.2. The number of nitrogens with zero attached hydrogens (tertiary/aromatic N) is 4. The maximum absolute atomic E-state index is 13.1. The summed E-state index contributed by atoms with van der Waals surface area (Å²) < 4.78 is 13.1. The summed E-state index contributed by atoms with van der Waals surface area (Å²) >= 11 is 0. The molecule has 0 spiro atoms. The predicted molar refractivity (Wildman–Crippen MR) is 116 cm³/mol. The summed E-state index contributed by atoms with van der Waals surface area (Å²) in [4.78, 5) is 25.9. The number of amides is 1. The molecule has 2 aromatic carbocycles. The maximum Gasteiger partial charge on any atom is 0.223 e. The van der Waals surface area contributed by atoms with E-state index < -0.39 is 0 Å². The largest absolute Gasteiger partial charge is 0.353 e. The van der Waals surface area contributed by atoms with E-state index in [1.165, 1.54) is 12.1 Å². The normalized spacial score (nSPS) is 15.1. The number of piperazine rings is 1. The van der Waals surface area contributed by atoms with E-state index in [9.17, 15) is 9.18 Å². The zero-order valence-electron chi connectivity index (χ0n) is 17.0. The number of benzene rings is 2. The van der Waals surface area contributed by atoms with E-state index in [0.29, 0.717) is 25.3 Å². The Balaban J connectivity index is 1.35. The number of carbonyl (C=O) groups excluding carboxylic acids is 1. The minimum absolute atomic E-state index is 0.0615. The van der Waals surface area contributed by atoms with Crippen molar-refractivity contribution in [3.05, 3.63) is 78.2 Å². The number of halogens is 1. The van der Waals surface area contributed by atoms with Crippen LogP contribution in [0.2, 0.25) is 0 Å². The Morgan fingerprint density at radius 2 is 1.70 bits per heavy atom. The van der Waals surface area contributed by atoms with Crippen molar-refractivity contribution in [2.24, 2.45) is 0 Å². The van der Waals surface area contributed by atoms with Gasteiger partial charge in [-0.25, -0.2) is 14.4 Å². The van der Waals surface area contributed by atoms with Crippen LogP contribution in [0, 0.1) is 5.82 Å². The molecule has 0 saturated carbocycles. The molecule has 1 fully saturated rings. The van der Waals surface area contributed by atoms with Gasteiger partial charge in [0.1, 0.15) is 11.6 Å². The number of hydrogen-bond acceptors (Lipinski definition) is 4. The number of carbonyl (C=O) groups is 1. The summed E-state index contributed by atoms with van der Waals surface area (Å²) in [6.07, 6.45) is 2.21. The zero-order valence-corrected chi connectivity index (χ0v) is 17.0. The van der Waals surface area contributed by atoms with Gasteiger partial charge in [0, 0.05) is 44.4 Å². The zero-order chi connectivity index (χ0) is 20.9. The number of rotatable bonds is 5. The second kappa shape index (κ2) is 9.03. The van der Waals surface area contributed by atoms with Crippen molar-refractivity contribution in [1.82, 2.24) is 14.9 Å². The highest BCUT2D eigenvalue weighted by atomic mass is 19.1. The van der Waals surface area contributed by atoms with Crippen LogP contribution in [0.25, 0.3) is 11.4 Å². The van der Waals surface area contributed by atoms with Crippen LogP contribution in [-0.2, 0) is 4.79 Å². The summed E-state index contributed by atoms with van der Waals surface area (Å²) in [5.41, 5.74) is 1.97. The molecule has 1 aliphatic rings. The fraction of sp³-hybridized carbons (Fsp3) is 0.292. The first-order valence-corrected chi connectivity index (χ1v) is 10.3. The Bertz CT molecular complexity index is 986. The fourth-order valence-electron chi connectivity index (χ4n) is 3.74. The molecule has 1 atom stereocenters. The van der Waals surface area contributed by atoms with Gasteiger partial charge in [-0.2, -0.15) is 0 Å². The topological polar surface area (TPSA) is 49.3 Å². The molecule has 0 N–H and O–H groups in total. The number of anilines is 1. The van der Waals surface area contributed by atoms with Gasteiger partial charge >= 0.3 is 0 Å². The molecule has 3 aromatic rings. The summed E-state index contributed by atoms with van der Waals surface area (Å²) in [7, 11) is 0. The number of hydrogen-bond donors (Lipinski definition) is 0. The molecule has 1 amide bonds. The van der Waals surface area contributed by atoms with Crippen LogP contribution in [0.1, 0.15) is 24.8 Å². The van der Waals surface area contributed by atoms with E-state index in [0.717, 1.165) is 30.0 Å². The number of aromatic nitrogens is 2. The average Bonchev–Trinajstić information content (AvgIpc) is 2.80. The summed E-state index contributed by atoms with van der Waals surface area (Å²) in [5.74, 6) is 1.54. The molecule has 5 nitrogen and oxygen atoms in total. The second-order valence-corrected chi connectivity index (χ2v) is 7.63. The third kappa shape index (κ3) is 4.64. The maximum atomic E-state index is 13.1. The van der Waals surface area contributed by atoms with Crippen LogP contribution < -0.4 is 4.90 Å². The third-order valence-electron chi connectivity index (χ3n) is 5.55. The van der Waals surface area contributed by atoms with Gasteiger partial charge in [0.25, 0.3) is 0 Å². The average molecular weight is 404 g/mol. The first kappa shape index (κ1) is 20.0. The van der Waals surface area contributed by atoms with Crippen LogP contribution in [0.3, 0.4) is 0 Å². The van der Waals surface area contributed by atoms with E-state index in [4.69, 9.17) is 4.98 Å². The Morgan fingerprint density at radius 1 is 1.00 bits per heavy atom. The molecular formula is C24H25FN4O. The molecule has 4 rings (SSSR count). The molecule has 6 heteroatoms. The SMILES string of the molecule is CC(CC(=O)N1CCN(c2ccnc(-c3ccccc3)n2)CC1)c1ccc(F)cc1. The molecule has 0 bridgehead atoms. The van der Waals surface area contributed by atoms with Gasteiger partial charge < -0.3 is 9.80 Å². The lowest BCUT2D eigenvalue weighted by Gasteiger charge is -2.36. The predicted octanol–water partition coefficient (Wildman–Crippen LogP) is 4.13. The molecule has 2 heterocycles. The van der Waals surface area contributed by atoms with Crippen molar-refractivity contribution < 1.29 is 9.18 Å². The highest BCUT2D eigenvalue weighted by molar-refractivity contribution is 5.77. The molecule has 1 aliphatic heterocycles. The van der Waals surface area contributed by atoms with Crippen molar-refractivity contribution in [1.29, 1.82) is 0 Å². The van der Waals surface area contributed by atoms with Gasteiger partial charge in [-0.3, -0.25) is 4.79 Å². The first-order chi connectivity index (χ1) is 14.6. The lowest BCUT2D eigenvalue weighted by Crippen LogP contribution is -2.49. The highest BCUT2D eigenvalue weighted by Crippen LogP contribution is 2.22. The van der Waals surface area contributed by atoms with Crippen molar-refractivity contribution >= 4 is 11.7 Å². The minimum atomic E-state index is -0.256. The first-order valence-electron chi connectivity index (χ1n) is 10.3. The standard InChI is InChI=1S/C24H25FN4O/c1-18(19-7-9-21(25)10-8-19)17-23(30)29-15-13-28(14-16-29)22-11-12-26-24(27-22)20-5-3-2-4-6-20/h2-12,18H,13-17H2,1H3. The van der Waals surface area contributed by atoms with Crippen LogP contribution in [0.15, 0.2) is 66.9 Å². The van der Waals surface area contributed by atoms with Gasteiger partial charge in [-0.1, -0.05) is 49.4 Å². The minimum Gasteiger partial charge on any atom is -0.353 e. The summed E-state index contributed by atoms with van der Waals surface area (Å²) in [5, 5.41) is 0. The van der Waals surface area contributed by atoms with E-state index in [2.05, 4.69) is 9.88 Å². The molecule has 1 unspecified atom stereocenters. The molecular weight excluding hydrogens is 379 g/mol. The molecule has 1 saturated heterocycles. The lowest BCUT2D eigenvalue weighted by molar-refractivity contribution is -0.131. The Hall–Kier alpha value is -3.28. The van der Waals surface area contributed by atoms with E-state index >= 15 is 0 Å². The Labute approximate surface area is 176 Å². The van der Waals surface area contributed by atoms with Gasteiger partial charge in [0.2, 0.25) is 5.91 Å². The molecule has 0 aliphatic carbocycles. The van der Waals surface area contributed by atoms with Crippen molar-refractivity contribution in [3.8, 4) is 11.4 Å². The molecule has 0 radical (unpaired) electrons. The molecule has 1 aromatic heterocycles. The van der Waals surface area contributed by atoms with Crippen LogP contribution in [0.4, 0.5) is 10.2 Å². The van der Waals surface area contributed by atoms with Crippen molar-refractivity contribution in [3.63, 3.8) is 0 Å². The lowest BCUT2D eigenvalue weighted by atomic mass is 9.97. The second-order valence-electron chi connectivity index (χ2n) is 7.63. The van der Waals surface area contributed by atoms with Gasteiger partial charge in [0.05, 0.1) is 0 Å². The monoisotopic (exact) mass is 404 g/mol. The van der Waals surface area contributed by atoms with Crippen molar-refractivity contribution in [2.45, 2.75) is 19.3 Å². The third-order valence-corrected chi connectivity index (χ3v) is 5.55. The fourth-order valence-corrected chi connectivity index (χ4v) is 3.74. The molecule has 30 heavy (non-hydrogen) atoms. The highest BCUT2D eigenvalue weighted by Gasteiger charge is 2.23. The smallest absolute Gasteiger partial charge is 0.223 e. The van der Waals surface area contributed by atoms with Crippen LogP contribution in [0.5, 0.6) is 0 Å². The van der Waals surface area contributed by atoms with Gasteiger partial charge in [-0.05, 0) is 29.7 Å². The quantitative estimate of drug-likeness (QED) is 0.642. The van der Waals surface area contributed by atoms with E-state index in [1.54, 1.807) is 18.3 Å². The molecule has 154 valence electrons. The van der Waals surface area contributed by atoms with Crippen LogP contribution in [-0.4, -0.2) is 47.0 Å². The summed E-state index contributed by atoms with van der Waals surface area (Å²) in [6.45, 7) is 4.82.